The summed E-state index contributed by atoms with van der Waals surface area (Å²) in [4.78, 5) is 18.2. The highest BCUT2D eigenvalue weighted by molar-refractivity contribution is 8.04. The fraction of sp³-hybridized carbons (Fsp3) is 0.645. The summed E-state index contributed by atoms with van der Waals surface area (Å²) in [5, 5.41) is 17.9. The number of fused-ring (bicyclic) bond motifs is 1. The number of thioether (sulfide) groups is 1. The van der Waals surface area contributed by atoms with Gasteiger partial charge in [0.2, 0.25) is 5.91 Å². The van der Waals surface area contributed by atoms with Crippen molar-refractivity contribution in [3.63, 3.8) is 0 Å². The van der Waals surface area contributed by atoms with Crippen LogP contribution in [0.4, 0.5) is 0 Å². The molecule has 3 heterocycles. The highest BCUT2D eigenvalue weighted by atomic mass is 32.2. The highest BCUT2D eigenvalue weighted by Gasteiger charge is 2.44. The predicted molar refractivity (Wildman–Crippen MR) is 165 cm³/mol. The van der Waals surface area contributed by atoms with Crippen molar-refractivity contribution in [3.05, 3.63) is 51.4 Å². The number of β-amino-alcohol motifs (C(OH)–C–C–N with tert-alkyl or cyclic N) is 1. The number of rotatable bonds is 13. The Hall–Kier alpha value is -1.88. The Morgan fingerprint density at radius 1 is 1.20 bits per heavy atom. The van der Waals surface area contributed by atoms with Crippen molar-refractivity contribution in [1.82, 2.24) is 20.4 Å². The molecule has 0 radical (unpaired) electrons. The summed E-state index contributed by atoms with van der Waals surface area (Å²) in [6, 6.07) is 6.99. The zero-order chi connectivity index (χ0) is 29.0. The molecule has 1 aromatic rings. The first-order valence-electron chi connectivity index (χ1n) is 14.6. The van der Waals surface area contributed by atoms with Crippen LogP contribution in [0.15, 0.2) is 34.8 Å². The van der Waals surface area contributed by atoms with Gasteiger partial charge in [-0.3, -0.25) is 9.69 Å². The molecule has 40 heavy (non-hydrogen) atoms. The quantitative estimate of drug-likeness (QED) is 0.287. The molecular weight excluding hydrogens is 522 g/mol. The summed E-state index contributed by atoms with van der Waals surface area (Å²) in [6.45, 7) is 17.1. The van der Waals surface area contributed by atoms with Gasteiger partial charge in [0.05, 0.1) is 23.5 Å². The molecule has 0 saturated carbocycles. The van der Waals surface area contributed by atoms with E-state index in [1.807, 2.05) is 13.8 Å². The lowest BCUT2D eigenvalue weighted by Crippen LogP contribution is -2.50. The van der Waals surface area contributed by atoms with Crippen LogP contribution >= 0.6 is 11.8 Å². The van der Waals surface area contributed by atoms with Gasteiger partial charge in [-0.05, 0) is 69.2 Å². The van der Waals surface area contributed by atoms with Crippen molar-refractivity contribution in [2.45, 2.75) is 58.6 Å². The lowest BCUT2D eigenvalue weighted by molar-refractivity contribution is -0.123. The molecule has 4 unspecified atom stereocenters. The minimum Gasteiger partial charge on any atom is -0.390 e. The van der Waals surface area contributed by atoms with Gasteiger partial charge in [-0.15, -0.1) is 11.8 Å². The molecule has 3 aliphatic rings. The van der Waals surface area contributed by atoms with Crippen LogP contribution in [-0.2, 0) is 9.53 Å². The van der Waals surface area contributed by atoms with Gasteiger partial charge >= 0.3 is 0 Å². The van der Waals surface area contributed by atoms with Crippen LogP contribution in [0, 0.1) is 25.2 Å². The third-order valence-electron chi connectivity index (χ3n) is 8.41. The standard InChI is InChI=1S/C31H49N5O3S/c1-20-13-21(2)15-23(14-20)28-25(26-16-27(40-29(26)34-28)31(4,5)30(32)38)7-8-35-9-11-36(12-10-35)18-24(37)17-33-22(3)19-39-6/h13-16,22,24,26,29,33-34,37H,7-12,17-19H2,1-6H3,(H2,32,38). The topological polar surface area (TPSA) is 103 Å². The average molecular weight is 572 g/mol. The number of hydrogen-bond donors (Lipinski definition) is 4. The van der Waals surface area contributed by atoms with Crippen LogP contribution < -0.4 is 16.4 Å². The number of carbonyl (C=O) groups excluding carboxylic acids is 1. The summed E-state index contributed by atoms with van der Waals surface area (Å²) in [5.41, 5.74) is 11.5. The van der Waals surface area contributed by atoms with Gasteiger partial charge in [0.25, 0.3) is 0 Å². The molecule has 1 saturated heterocycles. The second kappa shape index (κ2) is 13.4. The summed E-state index contributed by atoms with van der Waals surface area (Å²) < 4.78 is 5.16. The maximum atomic E-state index is 12.2. The number of nitrogens with one attached hydrogen (secondary N) is 2. The van der Waals surface area contributed by atoms with Crippen molar-refractivity contribution in [2.75, 3.05) is 59.5 Å². The van der Waals surface area contributed by atoms with Gasteiger partial charge in [-0.1, -0.05) is 23.3 Å². The first-order chi connectivity index (χ1) is 19.0. The van der Waals surface area contributed by atoms with E-state index in [1.165, 1.54) is 28.0 Å². The number of aliphatic hydroxyl groups is 1. The van der Waals surface area contributed by atoms with E-state index in [4.69, 9.17) is 10.5 Å². The first-order valence-corrected chi connectivity index (χ1v) is 15.5. The van der Waals surface area contributed by atoms with E-state index >= 15 is 0 Å². The van der Waals surface area contributed by atoms with E-state index in [9.17, 15) is 9.90 Å². The molecule has 8 nitrogen and oxygen atoms in total. The number of amides is 1. The Kier molecular flexibility index (Phi) is 10.4. The largest absolute Gasteiger partial charge is 0.390 e. The minimum atomic E-state index is -0.667. The number of hydrogen-bond acceptors (Lipinski definition) is 8. The molecule has 4 atom stereocenters. The monoisotopic (exact) mass is 571 g/mol. The lowest BCUT2D eigenvalue weighted by Gasteiger charge is -2.36. The second-order valence-electron chi connectivity index (χ2n) is 12.3. The van der Waals surface area contributed by atoms with Crippen LogP contribution in [0.3, 0.4) is 0 Å². The Balaban J connectivity index is 1.40. The Morgan fingerprint density at radius 2 is 1.85 bits per heavy atom. The molecule has 1 fully saturated rings. The maximum Gasteiger partial charge on any atom is 0.228 e. The second-order valence-corrected chi connectivity index (χ2v) is 13.5. The molecule has 3 aliphatic heterocycles. The van der Waals surface area contributed by atoms with Crippen molar-refractivity contribution >= 4 is 23.4 Å². The van der Waals surface area contributed by atoms with E-state index in [0.29, 0.717) is 19.7 Å². The Bertz CT molecular complexity index is 1090. The number of methoxy groups -OCH3 is 1. The van der Waals surface area contributed by atoms with Crippen molar-refractivity contribution in [1.29, 1.82) is 0 Å². The number of piperazine rings is 1. The third-order valence-corrected chi connectivity index (χ3v) is 9.98. The maximum absolute atomic E-state index is 12.2. The molecule has 0 aliphatic carbocycles. The molecule has 1 amide bonds. The van der Waals surface area contributed by atoms with E-state index in [2.05, 4.69) is 65.5 Å². The molecule has 0 bridgehead atoms. The van der Waals surface area contributed by atoms with E-state index < -0.39 is 5.41 Å². The fourth-order valence-corrected chi connectivity index (χ4v) is 7.40. The van der Waals surface area contributed by atoms with Gasteiger partial charge in [0.15, 0.2) is 0 Å². The number of aliphatic hydroxyl groups excluding tert-OH is 1. The third kappa shape index (κ3) is 7.49. The van der Waals surface area contributed by atoms with Crippen LogP contribution in [0.25, 0.3) is 5.70 Å². The number of carbonyl (C=O) groups is 1. The van der Waals surface area contributed by atoms with Crippen LogP contribution in [0.1, 0.15) is 43.9 Å². The molecule has 0 spiro atoms. The van der Waals surface area contributed by atoms with Crippen LogP contribution in [0.2, 0.25) is 0 Å². The lowest BCUT2D eigenvalue weighted by atomic mass is 9.88. The smallest absolute Gasteiger partial charge is 0.228 e. The van der Waals surface area contributed by atoms with Gasteiger partial charge < -0.3 is 31.1 Å². The SMILES string of the molecule is COCC(C)NCC(O)CN1CCN(CCC2=C(c3cc(C)cc(C)c3)NC3SC(C(C)(C)C(N)=O)=CC23)CC1. The van der Waals surface area contributed by atoms with Crippen LogP contribution in [-0.4, -0.2) is 97.9 Å². The predicted octanol–water partition coefficient (Wildman–Crippen LogP) is 2.70. The van der Waals surface area contributed by atoms with E-state index in [0.717, 1.165) is 44.0 Å². The molecule has 4 rings (SSSR count). The minimum absolute atomic E-state index is 0.193. The van der Waals surface area contributed by atoms with Gasteiger partial charge in [-0.25, -0.2) is 0 Å². The summed E-state index contributed by atoms with van der Waals surface area (Å²) in [6.07, 6.45) is 2.88. The zero-order valence-corrected chi connectivity index (χ0v) is 25.9. The van der Waals surface area contributed by atoms with Gasteiger partial charge in [0.1, 0.15) is 0 Å². The molecule has 9 heteroatoms. The molecule has 5 N–H and O–H groups in total. The zero-order valence-electron chi connectivity index (χ0n) is 25.1. The summed E-state index contributed by atoms with van der Waals surface area (Å²) >= 11 is 1.75. The first kappa shape index (κ1) is 31.1. The van der Waals surface area contributed by atoms with Crippen molar-refractivity contribution in [2.24, 2.45) is 17.1 Å². The summed E-state index contributed by atoms with van der Waals surface area (Å²) in [5.74, 6) is -0.0339. The number of ether oxygens (including phenoxy) is 1. The number of nitrogens with two attached hydrogens (primary N) is 1. The molecular formula is C31H49N5O3S. The Labute approximate surface area is 244 Å². The van der Waals surface area contributed by atoms with E-state index in [1.54, 1.807) is 18.9 Å². The fourth-order valence-electron chi connectivity index (χ4n) is 5.94. The highest BCUT2D eigenvalue weighted by Crippen LogP contribution is 2.51. The number of benzene rings is 1. The number of nitrogens with zero attached hydrogens (tertiary/aromatic N) is 2. The van der Waals surface area contributed by atoms with Crippen molar-refractivity contribution < 1.29 is 14.6 Å². The van der Waals surface area contributed by atoms with Crippen LogP contribution in [0.5, 0.6) is 0 Å². The van der Waals surface area contributed by atoms with Gasteiger partial charge in [-0.2, -0.15) is 0 Å². The summed E-state index contributed by atoms with van der Waals surface area (Å²) in [7, 11) is 1.70. The van der Waals surface area contributed by atoms with Gasteiger partial charge in [0, 0.05) is 70.6 Å². The molecule has 0 aromatic heterocycles. The normalized spacial score (nSPS) is 23.6. The average Bonchev–Trinajstić information content (AvgIpc) is 3.46. The molecule has 1 aromatic carbocycles. The number of aryl methyl sites for hydroxylation is 2. The van der Waals surface area contributed by atoms with Crippen molar-refractivity contribution in [3.8, 4) is 0 Å². The molecule has 222 valence electrons. The number of primary amides is 1. The Morgan fingerprint density at radius 3 is 2.48 bits per heavy atom. The van der Waals surface area contributed by atoms with E-state index in [-0.39, 0.29) is 29.3 Å².